The second kappa shape index (κ2) is 9.46. The van der Waals surface area contributed by atoms with E-state index in [1.54, 1.807) is 12.5 Å². The Morgan fingerprint density at radius 3 is 2.56 bits per heavy atom. The number of allylic oxidation sites excluding steroid dienone is 1. The highest BCUT2D eigenvalue weighted by Gasteiger charge is 2.59. The van der Waals surface area contributed by atoms with Crippen LogP contribution in [0.4, 0.5) is 0 Å². The van der Waals surface area contributed by atoms with Crippen LogP contribution in [0.5, 0.6) is 0 Å². The van der Waals surface area contributed by atoms with Crippen LogP contribution in [0, 0.1) is 46.3 Å². The number of ether oxygens (including phenoxy) is 1. The molecular weight excluding hydrogens is 392 g/mol. The lowest BCUT2D eigenvalue weighted by Crippen LogP contribution is -2.51. The van der Waals surface area contributed by atoms with Gasteiger partial charge in [0.1, 0.15) is 6.10 Å². The van der Waals surface area contributed by atoms with Gasteiger partial charge in [0.15, 0.2) is 0 Å². The topological polar surface area (TPSA) is 26.3 Å². The lowest BCUT2D eigenvalue weighted by molar-refractivity contribution is -0.149. The predicted molar refractivity (Wildman–Crippen MR) is 133 cm³/mol. The van der Waals surface area contributed by atoms with Gasteiger partial charge in [0.25, 0.3) is 0 Å². The number of esters is 1. The van der Waals surface area contributed by atoms with Gasteiger partial charge >= 0.3 is 5.97 Å². The minimum absolute atomic E-state index is 0.110. The van der Waals surface area contributed by atoms with E-state index in [0.717, 1.165) is 48.3 Å². The number of fused-ring (bicyclic) bond motifs is 5. The van der Waals surface area contributed by atoms with Gasteiger partial charge in [0.05, 0.1) is 0 Å². The Labute approximate surface area is 198 Å². The summed E-state index contributed by atoms with van der Waals surface area (Å²) in [4.78, 5) is 11.6. The molecule has 8 atom stereocenters. The van der Waals surface area contributed by atoms with Gasteiger partial charge in [-0.15, -0.1) is 0 Å². The Morgan fingerprint density at radius 1 is 1.09 bits per heavy atom. The monoisotopic (exact) mass is 442 g/mol. The molecule has 0 aromatic rings. The summed E-state index contributed by atoms with van der Waals surface area (Å²) in [5.41, 5.74) is 2.61. The molecule has 4 aliphatic carbocycles. The summed E-state index contributed by atoms with van der Waals surface area (Å²) in [7, 11) is 0. The second-order valence-corrected chi connectivity index (χ2v) is 12.9. The molecule has 0 amide bonds. The molecule has 3 saturated carbocycles. The van der Waals surface area contributed by atoms with Crippen molar-refractivity contribution in [2.45, 2.75) is 125 Å². The van der Waals surface area contributed by atoms with Crippen LogP contribution in [0.15, 0.2) is 11.6 Å². The SMILES string of the molecule is CC[C@]12CC[C@H](OC(C)=O)CC1=CC[C@@H]1[C@@H]2CC[C@]2(C)[C@@H]([C@H](C)CCCC(C)C)CC[C@@H]12. The van der Waals surface area contributed by atoms with Crippen LogP contribution in [0.1, 0.15) is 119 Å². The molecule has 3 fully saturated rings. The summed E-state index contributed by atoms with van der Waals surface area (Å²) in [5.74, 6) is 5.22. The molecule has 0 aromatic carbocycles. The van der Waals surface area contributed by atoms with Crippen molar-refractivity contribution >= 4 is 5.97 Å². The first kappa shape index (κ1) is 24.3. The zero-order chi connectivity index (χ0) is 23.1. The highest BCUT2D eigenvalue weighted by atomic mass is 16.5. The van der Waals surface area contributed by atoms with Gasteiger partial charge in [-0.1, -0.05) is 65.5 Å². The number of carbonyl (C=O) groups excluding carboxylic acids is 1. The largest absolute Gasteiger partial charge is 0.462 e. The summed E-state index contributed by atoms with van der Waals surface area (Å²) in [6.45, 7) is 14.0. The van der Waals surface area contributed by atoms with E-state index in [0.29, 0.717) is 10.8 Å². The maximum Gasteiger partial charge on any atom is 0.302 e. The third-order valence-electron chi connectivity index (χ3n) is 10.9. The van der Waals surface area contributed by atoms with E-state index < -0.39 is 0 Å². The number of rotatable bonds is 7. The van der Waals surface area contributed by atoms with Gasteiger partial charge in [0.2, 0.25) is 0 Å². The molecule has 2 nitrogen and oxygen atoms in total. The first-order valence-electron chi connectivity index (χ1n) is 14.1. The minimum atomic E-state index is -0.110. The molecule has 2 heteroatoms. The maximum absolute atomic E-state index is 11.6. The summed E-state index contributed by atoms with van der Waals surface area (Å²) in [5, 5.41) is 0. The van der Waals surface area contributed by atoms with E-state index in [1.165, 1.54) is 64.2 Å². The Kier molecular flexibility index (Phi) is 7.19. The molecule has 0 aliphatic heterocycles. The summed E-state index contributed by atoms with van der Waals surface area (Å²) in [6.07, 6.45) is 18.6. The first-order chi connectivity index (χ1) is 15.2. The quantitative estimate of drug-likeness (QED) is 0.292. The normalized spacial score (nSPS) is 42.0. The molecule has 4 rings (SSSR count). The lowest BCUT2D eigenvalue weighted by atomic mass is 9.46. The van der Waals surface area contributed by atoms with Gasteiger partial charge in [0, 0.05) is 13.3 Å². The third kappa shape index (κ3) is 4.22. The fourth-order valence-electron chi connectivity index (χ4n) is 9.45. The molecular formula is C30H50O2. The Hall–Kier alpha value is -0.790. The molecule has 0 heterocycles. The molecule has 0 radical (unpaired) electrons. The number of hydrogen-bond acceptors (Lipinski definition) is 2. The van der Waals surface area contributed by atoms with Crippen LogP contribution in [0.25, 0.3) is 0 Å². The number of carbonyl (C=O) groups is 1. The van der Waals surface area contributed by atoms with Crippen molar-refractivity contribution in [3.05, 3.63) is 11.6 Å². The Morgan fingerprint density at radius 2 is 1.88 bits per heavy atom. The van der Waals surface area contributed by atoms with E-state index >= 15 is 0 Å². The fourth-order valence-corrected chi connectivity index (χ4v) is 9.45. The van der Waals surface area contributed by atoms with Crippen molar-refractivity contribution in [1.29, 1.82) is 0 Å². The first-order valence-corrected chi connectivity index (χ1v) is 14.1. The van der Waals surface area contributed by atoms with Crippen LogP contribution in [0.3, 0.4) is 0 Å². The van der Waals surface area contributed by atoms with Gasteiger partial charge < -0.3 is 4.74 Å². The van der Waals surface area contributed by atoms with E-state index in [-0.39, 0.29) is 12.1 Å². The summed E-state index contributed by atoms with van der Waals surface area (Å²) >= 11 is 0. The molecule has 0 aromatic heterocycles. The van der Waals surface area contributed by atoms with Gasteiger partial charge in [-0.25, -0.2) is 0 Å². The maximum atomic E-state index is 11.6. The van der Waals surface area contributed by atoms with Crippen molar-refractivity contribution in [2.75, 3.05) is 0 Å². The summed E-state index contributed by atoms with van der Waals surface area (Å²) < 4.78 is 5.66. The standard InChI is InChI=1S/C30H50O2/c1-7-30-18-15-24(32-22(5)31)19-23(30)11-12-25-27-14-13-26(21(4)10-8-9-20(2)3)29(27,6)17-16-28(25)30/h11,20-21,24-28H,7-10,12-19H2,1-6H3/t21-,24+,25+,26-,27+,28+,29-,30+/m1/s1. The van der Waals surface area contributed by atoms with Gasteiger partial charge in [-0.2, -0.15) is 0 Å². The third-order valence-corrected chi connectivity index (χ3v) is 10.9. The summed E-state index contributed by atoms with van der Waals surface area (Å²) in [6, 6.07) is 0. The molecule has 0 bridgehead atoms. The molecule has 0 unspecified atom stereocenters. The van der Waals surface area contributed by atoms with Crippen LogP contribution in [-0.4, -0.2) is 12.1 Å². The van der Waals surface area contributed by atoms with Crippen LogP contribution >= 0.6 is 0 Å². The van der Waals surface area contributed by atoms with Crippen molar-refractivity contribution in [3.8, 4) is 0 Å². The molecule has 182 valence electrons. The van der Waals surface area contributed by atoms with Gasteiger partial charge in [-0.3, -0.25) is 4.79 Å². The Bertz CT molecular complexity index is 708. The van der Waals surface area contributed by atoms with E-state index in [1.807, 2.05) is 0 Å². The van der Waals surface area contributed by atoms with E-state index in [4.69, 9.17) is 4.74 Å². The van der Waals surface area contributed by atoms with Crippen LogP contribution in [-0.2, 0) is 9.53 Å². The average molecular weight is 443 g/mol. The molecule has 0 spiro atoms. The van der Waals surface area contributed by atoms with E-state index in [2.05, 4.69) is 40.7 Å². The number of hydrogen-bond donors (Lipinski definition) is 0. The Balaban J connectivity index is 1.50. The average Bonchev–Trinajstić information content (AvgIpc) is 3.10. The van der Waals surface area contributed by atoms with Crippen molar-refractivity contribution in [3.63, 3.8) is 0 Å². The van der Waals surface area contributed by atoms with Gasteiger partial charge in [-0.05, 0) is 97.7 Å². The van der Waals surface area contributed by atoms with E-state index in [9.17, 15) is 4.79 Å². The van der Waals surface area contributed by atoms with Crippen molar-refractivity contribution in [2.24, 2.45) is 46.3 Å². The molecule has 4 aliphatic rings. The van der Waals surface area contributed by atoms with Crippen LogP contribution in [0.2, 0.25) is 0 Å². The van der Waals surface area contributed by atoms with Crippen molar-refractivity contribution in [1.82, 2.24) is 0 Å². The zero-order valence-corrected chi connectivity index (χ0v) is 21.9. The van der Waals surface area contributed by atoms with Crippen LogP contribution < -0.4 is 0 Å². The molecule has 0 N–H and O–H groups in total. The second-order valence-electron chi connectivity index (χ2n) is 12.9. The highest BCUT2D eigenvalue weighted by Crippen LogP contribution is 2.68. The fraction of sp³-hybridized carbons (Fsp3) is 0.900. The zero-order valence-electron chi connectivity index (χ0n) is 21.9. The predicted octanol–water partition coefficient (Wildman–Crippen LogP) is 8.35. The van der Waals surface area contributed by atoms with Crippen molar-refractivity contribution < 1.29 is 9.53 Å². The lowest BCUT2D eigenvalue weighted by Gasteiger charge is -2.59. The minimum Gasteiger partial charge on any atom is -0.462 e. The molecule has 32 heavy (non-hydrogen) atoms. The highest BCUT2D eigenvalue weighted by molar-refractivity contribution is 5.66. The molecule has 0 saturated heterocycles. The smallest absolute Gasteiger partial charge is 0.302 e.